The molecule has 24 heavy (non-hydrogen) atoms. The second-order valence-corrected chi connectivity index (χ2v) is 5.24. The molecule has 0 saturated heterocycles. The summed E-state index contributed by atoms with van der Waals surface area (Å²) in [6.45, 7) is 0. The SMILES string of the molecule is O=C(O)c1cccc2nc3cccc(Oc4ccccc4)c3nc12. The number of aromatic nitrogens is 2. The van der Waals surface area contributed by atoms with Crippen molar-refractivity contribution in [3.05, 3.63) is 72.3 Å². The lowest BCUT2D eigenvalue weighted by molar-refractivity contribution is 0.0699. The quantitative estimate of drug-likeness (QED) is 0.571. The highest BCUT2D eigenvalue weighted by atomic mass is 16.5. The fourth-order valence-corrected chi connectivity index (χ4v) is 2.56. The number of benzene rings is 3. The maximum absolute atomic E-state index is 11.4. The van der Waals surface area contributed by atoms with Crippen LogP contribution in [0.25, 0.3) is 22.1 Å². The van der Waals surface area contributed by atoms with Crippen LogP contribution in [-0.2, 0) is 0 Å². The largest absolute Gasteiger partial charge is 0.478 e. The molecule has 5 nitrogen and oxygen atoms in total. The Morgan fingerprint density at radius 3 is 2.25 bits per heavy atom. The van der Waals surface area contributed by atoms with E-state index >= 15 is 0 Å². The van der Waals surface area contributed by atoms with Gasteiger partial charge in [-0.25, -0.2) is 14.8 Å². The number of hydrogen-bond acceptors (Lipinski definition) is 4. The maximum Gasteiger partial charge on any atom is 0.337 e. The van der Waals surface area contributed by atoms with Crippen molar-refractivity contribution in [3.63, 3.8) is 0 Å². The lowest BCUT2D eigenvalue weighted by Gasteiger charge is -2.09. The average Bonchev–Trinajstić information content (AvgIpc) is 2.60. The van der Waals surface area contributed by atoms with E-state index in [0.29, 0.717) is 33.6 Å². The van der Waals surface area contributed by atoms with Crippen LogP contribution in [0.5, 0.6) is 11.5 Å². The number of nitrogens with zero attached hydrogens (tertiary/aromatic N) is 2. The Morgan fingerprint density at radius 2 is 1.50 bits per heavy atom. The Morgan fingerprint density at radius 1 is 0.792 bits per heavy atom. The average molecular weight is 316 g/mol. The van der Waals surface area contributed by atoms with Crippen molar-refractivity contribution in [2.45, 2.75) is 0 Å². The zero-order valence-corrected chi connectivity index (χ0v) is 12.5. The zero-order valence-electron chi connectivity index (χ0n) is 12.5. The highest BCUT2D eigenvalue weighted by Crippen LogP contribution is 2.29. The number of ether oxygens (including phenoxy) is 1. The molecule has 0 atom stereocenters. The summed E-state index contributed by atoms with van der Waals surface area (Å²) in [6, 6.07) is 19.7. The predicted molar refractivity (Wildman–Crippen MR) is 90.5 cm³/mol. The van der Waals surface area contributed by atoms with Gasteiger partial charge in [0.05, 0.1) is 16.6 Å². The molecule has 0 amide bonds. The molecule has 0 radical (unpaired) electrons. The Bertz CT molecular complexity index is 1060. The van der Waals surface area contributed by atoms with Gasteiger partial charge in [0.2, 0.25) is 0 Å². The van der Waals surface area contributed by atoms with Gasteiger partial charge in [-0.2, -0.15) is 0 Å². The van der Waals surface area contributed by atoms with Gasteiger partial charge in [0.1, 0.15) is 16.8 Å². The Balaban J connectivity index is 1.95. The lowest BCUT2D eigenvalue weighted by Crippen LogP contribution is -2.00. The molecule has 0 unspecified atom stereocenters. The lowest BCUT2D eigenvalue weighted by atomic mass is 10.1. The Hall–Kier alpha value is -3.47. The third kappa shape index (κ3) is 2.42. The van der Waals surface area contributed by atoms with Crippen molar-refractivity contribution < 1.29 is 14.6 Å². The van der Waals surface area contributed by atoms with E-state index in [9.17, 15) is 9.90 Å². The molecule has 0 aliphatic rings. The Labute approximate surface area is 137 Å². The van der Waals surface area contributed by atoms with Gasteiger partial charge in [-0.05, 0) is 36.4 Å². The third-order valence-corrected chi connectivity index (χ3v) is 3.66. The highest BCUT2D eigenvalue weighted by Gasteiger charge is 2.13. The van der Waals surface area contributed by atoms with Crippen molar-refractivity contribution in [3.8, 4) is 11.5 Å². The minimum absolute atomic E-state index is 0.122. The first-order chi connectivity index (χ1) is 11.7. The first-order valence-electron chi connectivity index (χ1n) is 7.38. The van der Waals surface area contributed by atoms with Crippen molar-refractivity contribution in [1.29, 1.82) is 0 Å². The standard InChI is InChI=1S/C19H12N2O3/c22-19(23)13-8-4-9-14-17(13)21-18-15(20-14)10-5-11-16(18)24-12-6-2-1-3-7-12/h1-11H,(H,22,23). The molecule has 4 rings (SSSR count). The van der Waals surface area contributed by atoms with Crippen LogP contribution in [0.4, 0.5) is 0 Å². The van der Waals surface area contributed by atoms with Crippen molar-refractivity contribution >= 4 is 28.0 Å². The molecular formula is C19H12N2O3. The Kier molecular flexibility index (Phi) is 3.31. The molecule has 0 bridgehead atoms. The van der Waals surface area contributed by atoms with Crippen molar-refractivity contribution in [2.24, 2.45) is 0 Å². The van der Waals surface area contributed by atoms with Crippen LogP contribution in [0.1, 0.15) is 10.4 Å². The molecule has 0 spiro atoms. The van der Waals surface area contributed by atoms with Gasteiger partial charge in [-0.15, -0.1) is 0 Å². The topological polar surface area (TPSA) is 72.3 Å². The minimum atomic E-state index is -1.03. The van der Waals surface area contributed by atoms with Gasteiger partial charge in [0.15, 0.2) is 5.75 Å². The smallest absolute Gasteiger partial charge is 0.337 e. The first kappa shape index (κ1) is 14.1. The molecular weight excluding hydrogens is 304 g/mol. The van der Waals surface area contributed by atoms with Crippen LogP contribution in [0.3, 0.4) is 0 Å². The number of aromatic carboxylic acids is 1. The second kappa shape index (κ2) is 5.62. The van der Waals surface area contributed by atoms with E-state index in [-0.39, 0.29) is 5.56 Å². The van der Waals surface area contributed by atoms with Gasteiger partial charge in [-0.1, -0.05) is 30.3 Å². The molecule has 0 aliphatic heterocycles. The summed E-state index contributed by atoms with van der Waals surface area (Å²) in [6.07, 6.45) is 0. The minimum Gasteiger partial charge on any atom is -0.478 e. The molecule has 0 fully saturated rings. The first-order valence-corrected chi connectivity index (χ1v) is 7.38. The summed E-state index contributed by atoms with van der Waals surface area (Å²) in [5.74, 6) is 0.183. The number of para-hydroxylation sites is 3. The summed E-state index contributed by atoms with van der Waals surface area (Å²) >= 11 is 0. The summed E-state index contributed by atoms with van der Waals surface area (Å²) in [4.78, 5) is 20.5. The normalized spacial score (nSPS) is 10.8. The number of carboxylic acid groups (broad SMARTS) is 1. The van der Waals surface area contributed by atoms with Gasteiger partial charge < -0.3 is 9.84 Å². The monoisotopic (exact) mass is 316 g/mol. The summed E-state index contributed by atoms with van der Waals surface area (Å²) in [5.41, 5.74) is 2.19. The summed E-state index contributed by atoms with van der Waals surface area (Å²) < 4.78 is 5.89. The van der Waals surface area contributed by atoms with Crippen LogP contribution >= 0.6 is 0 Å². The number of rotatable bonds is 3. The predicted octanol–water partition coefficient (Wildman–Crippen LogP) is 4.27. The van der Waals surface area contributed by atoms with Crippen LogP contribution in [0.2, 0.25) is 0 Å². The van der Waals surface area contributed by atoms with Gasteiger partial charge in [0, 0.05) is 0 Å². The molecule has 1 N–H and O–H groups in total. The number of carboxylic acids is 1. The molecule has 3 aromatic carbocycles. The highest BCUT2D eigenvalue weighted by molar-refractivity contribution is 6.03. The van der Waals surface area contributed by atoms with E-state index in [1.807, 2.05) is 42.5 Å². The third-order valence-electron chi connectivity index (χ3n) is 3.66. The molecule has 5 heteroatoms. The van der Waals surface area contributed by atoms with E-state index in [4.69, 9.17) is 4.74 Å². The second-order valence-electron chi connectivity index (χ2n) is 5.24. The number of hydrogen-bond donors (Lipinski definition) is 1. The van der Waals surface area contributed by atoms with Crippen LogP contribution < -0.4 is 4.74 Å². The molecule has 1 heterocycles. The van der Waals surface area contributed by atoms with Gasteiger partial charge in [-0.3, -0.25) is 0 Å². The van der Waals surface area contributed by atoms with E-state index < -0.39 is 5.97 Å². The molecule has 0 saturated carbocycles. The molecule has 4 aromatic rings. The van der Waals surface area contributed by atoms with E-state index in [2.05, 4.69) is 9.97 Å². The van der Waals surface area contributed by atoms with E-state index in [1.54, 1.807) is 18.2 Å². The van der Waals surface area contributed by atoms with Crippen LogP contribution in [0, 0.1) is 0 Å². The fraction of sp³-hybridized carbons (Fsp3) is 0. The zero-order chi connectivity index (χ0) is 16.5. The summed E-state index contributed by atoms with van der Waals surface area (Å²) in [5, 5.41) is 9.36. The van der Waals surface area contributed by atoms with Crippen molar-refractivity contribution in [2.75, 3.05) is 0 Å². The summed E-state index contributed by atoms with van der Waals surface area (Å²) in [7, 11) is 0. The van der Waals surface area contributed by atoms with Crippen molar-refractivity contribution in [1.82, 2.24) is 9.97 Å². The van der Waals surface area contributed by atoms with Gasteiger partial charge in [0.25, 0.3) is 0 Å². The molecule has 0 aliphatic carbocycles. The maximum atomic E-state index is 11.4. The van der Waals surface area contributed by atoms with E-state index in [0.717, 1.165) is 0 Å². The van der Waals surface area contributed by atoms with E-state index in [1.165, 1.54) is 6.07 Å². The molecule has 116 valence electrons. The fourth-order valence-electron chi connectivity index (χ4n) is 2.56. The van der Waals surface area contributed by atoms with Crippen LogP contribution in [0.15, 0.2) is 66.7 Å². The molecule has 1 aromatic heterocycles. The number of carbonyl (C=O) groups is 1. The van der Waals surface area contributed by atoms with Crippen LogP contribution in [-0.4, -0.2) is 21.0 Å². The van der Waals surface area contributed by atoms with Gasteiger partial charge >= 0.3 is 5.97 Å². The number of fused-ring (bicyclic) bond motifs is 2.